The Morgan fingerprint density at radius 3 is 2.52 bits per heavy atom. The van der Waals surface area contributed by atoms with Crippen molar-refractivity contribution < 1.29 is 28.6 Å². The van der Waals surface area contributed by atoms with Crippen molar-refractivity contribution in [2.24, 2.45) is 0 Å². The standard InChI is InChI=1S/C24H30N2O6S/c1-15-7-6-8-16(2)22(15)32-14-20(28)31-13-19(27)26-24-21(23(29)25-11-12-30-3)17-9-4-5-10-18(17)33-24/h6-8H,4-5,9-14H2,1-3H3,(H,25,29)(H,26,27). The minimum absolute atomic E-state index is 0.235. The van der Waals surface area contributed by atoms with E-state index in [0.717, 1.165) is 47.3 Å². The number of rotatable bonds is 10. The van der Waals surface area contributed by atoms with E-state index in [1.54, 1.807) is 7.11 Å². The number of para-hydroxylation sites is 1. The van der Waals surface area contributed by atoms with Crippen LogP contribution in [-0.4, -0.2) is 51.3 Å². The molecule has 0 aliphatic heterocycles. The summed E-state index contributed by atoms with van der Waals surface area (Å²) >= 11 is 1.41. The molecule has 2 amide bonds. The average Bonchev–Trinajstić information content (AvgIpc) is 3.15. The normalized spacial score (nSPS) is 12.6. The number of esters is 1. The fourth-order valence-corrected chi connectivity index (χ4v) is 5.06. The van der Waals surface area contributed by atoms with Gasteiger partial charge in [0.15, 0.2) is 13.2 Å². The maximum absolute atomic E-state index is 12.8. The van der Waals surface area contributed by atoms with E-state index in [0.29, 0.717) is 29.5 Å². The minimum atomic E-state index is -0.643. The number of aryl methyl sites for hydroxylation is 3. The van der Waals surface area contributed by atoms with Crippen LogP contribution in [0.4, 0.5) is 5.00 Å². The number of hydrogen-bond acceptors (Lipinski definition) is 7. The van der Waals surface area contributed by atoms with Gasteiger partial charge < -0.3 is 24.8 Å². The van der Waals surface area contributed by atoms with Crippen LogP contribution in [0, 0.1) is 13.8 Å². The van der Waals surface area contributed by atoms with E-state index in [1.165, 1.54) is 11.3 Å². The van der Waals surface area contributed by atoms with Crippen molar-refractivity contribution >= 4 is 34.1 Å². The Kier molecular flexibility index (Phi) is 8.85. The number of fused-ring (bicyclic) bond motifs is 1. The van der Waals surface area contributed by atoms with Crippen molar-refractivity contribution in [1.82, 2.24) is 5.32 Å². The van der Waals surface area contributed by atoms with Gasteiger partial charge in [0.25, 0.3) is 11.8 Å². The first-order chi connectivity index (χ1) is 15.9. The number of anilines is 1. The second-order valence-electron chi connectivity index (χ2n) is 7.88. The van der Waals surface area contributed by atoms with Gasteiger partial charge in [0, 0.05) is 18.5 Å². The first-order valence-electron chi connectivity index (χ1n) is 11.0. The van der Waals surface area contributed by atoms with E-state index >= 15 is 0 Å². The molecular weight excluding hydrogens is 444 g/mol. The third-order valence-electron chi connectivity index (χ3n) is 5.35. The molecule has 33 heavy (non-hydrogen) atoms. The lowest BCUT2D eigenvalue weighted by molar-refractivity contribution is -0.149. The van der Waals surface area contributed by atoms with Crippen molar-refractivity contribution in [3.63, 3.8) is 0 Å². The number of nitrogens with one attached hydrogen (secondary N) is 2. The summed E-state index contributed by atoms with van der Waals surface area (Å²) in [5, 5.41) is 6.08. The van der Waals surface area contributed by atoms with Crippen molar-refractivity contribution in [2.45, 2.75) is 39.5 Å². The Morgan fingerprint density at radius 2 is 1.79 bits per heavy atom. The van der Waals surface area contributed by atoms with Gasteiger partial charge >= 0.3 is 5.97 Å². The maximum Gasteiger partial charge on any atom is 0.344 e. The van der Waals surface area contributed by atoms with E-state index in [9.17, 15) is 14.4 Å². The van der Waals surface area contributed by atoms with Crippen LogP contribution >= 0.6 is 11.3 Å². The zero-order valence-corrected chi connectivity index (χ0v) is 20.1. The topological polar surface area (TPSA) is 103 Å². The largest absolute Gasteiger partial charge is 0.481 e. The van der Waals surface area contributed by atoms with Crippen molar-refractivity contribution in [3.8, 4) is 5.75 Å². The fraction of sp³-hybridized carbons (Fsp3) is 0.458. The van der Waals surface area contributed by atoms with Gasteiger partial charge in [-0.1, -0.05) is 18.2 Å². The van der Waals surface area contributed by atoms with Gasteiger partial charge in [-0.3, -0.25) is 9.59 Å². The van der Waals surface area contributed by atoms with Gasteiger partial charge in [-0.2, -0.15) is 0 Å². The summed E-state index contributed by atoms with van der Waals surface area (Å²) in [4.78, 5) is 38.5. The summed E-state index contributed by atoms with van der Waals surface area (Å²) < 4.78 is 15.6. The molecule has 1 aromatic carbocycles. The Labute approximate surface area is 197 Å². The average molecular weight is 475 g/mol. The molecule has 0 bridgehead atoms. The van der Waals surface area contributed by atoms with Crippen LogP contribution in [0.15, 0.2) is 18.2 Å². The van der Waals surface area contributed by atoms with Crippen LogP contribution in [0.2, 0.25) is 0 Å². The van der Waals surface area contributed by atoms with E-state index in [-0.39, 0.29) is 12.5 Å². The number of carbonyl (C=O) groups excluding carboxylic acids is 3. The molecule has 0 radical (unpaired) electrons. The van der Waals surface area contributed by atoms with Crippen molar-refractivity contribution in [3.05, 3.63) is 45.3 Å². The lowest BCUT2D eigenvalue weighted by atomic mass is 9.95. The molecule has 9 heteroatoms. The second-order valence-corrected chi connectivity index (χ2v) is 8.99. The molecule has 0 spiro atoms. The summed E-state index contributed by atoms with van der Waals surface area (Å²) in [7, 11) is 1.57. The number of methoxy groups -OCH3 is 1. The summed E-state index contributed by atoms with van der Waals surface area (Å²) in [5.41, 5.74) is 3.33. The smallest absolute Gasteiger partial charge is 0.344 e. The monoisotopic (exact) mass is 474 g/mol. The van der Waals surface area contributed by atoms with Gasteiger partial charge in [-0.15, -0.1) is 11.3 Å². The Balaban J connectivity index is 1.57. The Hall–Kier alpha value is -2.91. The highest BCUT2D eigenvalue weighted by atomic mass is 32.1. The van der Waals surface area contributed by atoms with Crippen LogP contribution < -0.4 is 15.4 Å². The highest BCUT2D eigenvalue weighted by Gasteiger charge is 2.26. The number of ether oxygens (including phenoxy) is 3. The van der Waals surface area contributed by atoms with E-state index < -0.39 is 18.5 Å². The van der Waals surface area contributed by atoms with Gasteiger partial charge in [0.1, 0.15) is 10.8 Å². The van der Waals surface area contributed by atoms with Crippen LogP contribution in [-0.2, 0) is 31.9 Å². The summed E-state index contributed by atoms with van der Waals surface area (Å²) in [6, 6.07) is 5.70. The first-order valence-corrected chi connectivity index (χ1v) is 11.8. The third-order valence-corrected chi connectivity index (χ3v) is 6.56. The van der Waals surface area contributed by atoms with Crippen LogP contribution in [0.5, 0.6) is 5.75 Å². The van der Waals surface area contributed by atoms with E-state index in [4.69, 9.17) is 14.2 Å². The zero-order chi connectivity index (χ0) is 23.8. The molecule has 1 aliphatic rings. The van der Waals surface area contributed by atoms with Crippen LogP contribution in [0.3, 0.4) is 0 Å². The van der Waals surface area contributed by atoms with Crippen molar-refractivity contribution in [2.75, 3.05) is 38.8 Å². The molecule has 0 fully saturated rings. The second kappa shape index (κ2) is 11.8. The maximum atomic E-state index is 12.8. The summed E-state index contributed by atoms with van der Waals surface area (Å²) in [6.07, 6.45) is 3.76. The van der Waals surface area contributed by atoms with Gasteiger partial charge in [-0.05, 0) is 56.2 Å². The molecule has 0 atom stereocenters. The number of hydrogen-bond donors (Lipinski definition) is 2. The molecule has 178 valence electrons. The molecule has 8 nitrogen and oxygen atoms in total. The predicted molar refractivity (Wildman–Crippen MR) is 126 cm³/mol. The Morgan fingerprint density at radius 1 is 1.06 bits per heavy atom. The molecule has 1 heterocycles. The predicted octanol–water partition coefficient (Wildman–Crippen LogP) is 3.18. The molecule has 0 saturated carbocycles. The number of benzene rings is 1. The molecule has 3 rings (SSSR count). The molecule has 2 N–H and O–H groups in total. The number of thiophene rings is 1. The molecule has 1 aliphatic carbocycles. The number of carbonyl (C=O) groups is 3. The first kappa shape index (κ1) is 24.7. The highest BCUT2D eigenvalue weighted by Crippen LogP contribution is 2.38. The molecule has 2 aromatic rings. The van der Waals surface area contributed by atoms with Crippen LogP contribution in [0.1, 0.15) is 44.8 Å². The molecule has 0 saturated heterocycles. The van der Waals surface area contributed by atoms with Gasteiger partial charge in [0.2, 0.25) is 0 Å². The quantitative estimate of drug-likeness (QED) is 0.405. The van der Waals surface area contributed by atoms with E-state index in [1.807, 2.05) is 32.0 Å². The van der Waals surface area contributed by atoms with Crippen LogP contribution in [0.25, 0.3) is 0 Å². The van der Waals surface area contributed by atoms with E-state index in [2.05, 4.69) is 10.6 Å². The third kappa shape index (κ3) is 6.55. The minimum Gasteiger partial charge on any atom is -0.481 e. The number of amides is 2. The zero-order valence-electron chi connectivity index (χ0n) is 19.2. The highest BCUT2D eigenvalue weighted by molar-refractivity contribution is 7.17. The molecular formula is C24H30N2O6S. The van der Waals surface area contributed by atoms with Gasteiger partial charge in [0.05, 0.1) is 12.2 Å². The fourth-order valence-electron chi connectivity index (χ4n) is 3.76. The summed E-state index contributed by atoms with van der Waals surface area (Å²) in [5.74, 6) is -0.747. The van der Waals surface area contributed by atoms with Gasteiger partial charge in [-0.25, -0.2) is 4.79 Å². The lowest BCUT2D eigenvalue weighted by Crippen LogP contribution is -2.29. The molecule has 0 unspecified atom stereocenters. The SMILES string of the molecule is COCCNC(=O)c1c(NC(=O)COC(=O)COc2c(C)cccc2C)sc2c1CCCC2. The van der Waals surface area contributed by atoms with Crippen molar-refractivity contribution in [1.29, 1.82) is 0 Å². The summed E-state index contributed by atoms with van der Waals surface area (Å²) in [6.45, 7) is 3.82. The Bertz CT molecular complexity index is 996. The lowest BCUT2D eigenvalue weighted by Gasteiger charge is -2.13. The molecule has 1 aromatic heterocycles.